The fourth-order valence-electron chi connectivity index (χ4n) is 5.37. The predicted molar refractivity (Wildman–Crippen MR) is 150 cm³/mol. The first-order valence-electron chi connectivity index (χ1n) is 12.7. The molecule has 1 aliphatic heterocycles. The second-order valence-corrected chi connectivity index (χ2v) is 20.8. The smallest absolute Gasteiger partial charge is 0.303 e. The topological polar surface area (TPSA) is 55.8 Å². The molecule has 3 rings (SSSR count). The van der Waals surface area contributed by atoms with Crippen molar-refractivity contribution < 1.29 is 19.4 Å². The summed E-state index contributed by atoms with van der Waals surface area (Å²) in [6, 6.07) is 17.6. The van der Waals surface area contributed by atoms with Crippen molar-refractivity contribution in [2.75, 3.05) is 13.2 Å². The maximum Gasteiger partial charge on any atom is 0.303 e. The van der Waals surface area contributed by atoms with E-state index < -0.39 is 27.9 Å². The Morgan fingerprint density at radius 1 is 0.914 bits per heavy atom. The van der Waals surface area contributed by atoms with Crippen LogP contribution in [0.5, 0.6) is 0 Å². The highest BCUT2D eigenvalue weighted by Crippen LogP contribution is 2.44. The van der Waals surface area contributed by atoms with E-state index in [0.29, 0.717) is 19.6 Å². The monoisotopic (exact) mass is 510 g/mol. The standard InChI is InChI=1S/C29H42O4Si2/c1-22-10-14-24(15-11-22)34(4,5)26(9-8-18-29(3)32-19-20-33-29)27(21-28(30)31)35(6,7)25-16-12-23(2)13-17-25/h8-17,26-27H,18-21H2,1-7H3,(H,30,31)/b9-8+/t26-,27+/m1/s1. The lowest BCUT2D eigenvalue weighted by atomic mass is 10.1. The van der Waals surface area contributed by atoms with Gasteiger partial charge in [-0.15, -0.1) is 0 Å². The highest BCUT2D eigenvalue weighted by atomic mass is 28.3. The molecule has 190 valence electrons. The van der Waals surface area contributed by atoms with Gasteiger partial charge in [0.1, 0.15) is 0 Å². The summed E-state index contributed by atoms with van der Waals surface area (Å²) in [5.74, 6) is -1.31. The third-order valence-corrected chi connectivity index (χ3v) is 16.6. The summed E-state index contributed by atoms with van der Waals surface area (Å²) in [6.45, 7) is 16.9. The van der Waals surface area contributed by atoms with Crippen LogP contribution in [-0.2, 0) is 14.3 Å². The molecule has 0 saturated carbocycles. The Kier molecular flexibility index (Phi) is 8.63. The molecule has 2 aromatic rings. The van der Waals surface area contributed by atoms with Crippen LogP contribution in [0.3, 0.4) is 0 Å². The second-order valence-electron chi connectivity index (χ2n) is 11.4. The third kappa shape index (κ3) is 6.61. The van der Waals surface area contributed by atoms with Gasteiger partial charge in [-0.3, -0.25) is 4.79 Å². The van der Waals surface area contributed by atoms with Crippen LogP contribution in [0, 0.1) is 13.8 Å². The largest absolute Gasteiger partial charge is 0.481 e. The average Bonchev–Trinajstić information content (AvgIpc) is 3.22. The Bertz CT molecular complexity index is 1020. The van der Waals surface area contributed by atoms with Gasteiger partial charge in [-0.05, 0) is 31.9 Å². The van der Waals surface area contributed by atoms with Gasteiger partial charge in [0.25, 0.3) is 0 Å². The third-order valence-electron chi connectivity index (χ3n) is 7.91. The lowest BCUT2D eigenvalue weighted by molar-refractivity contribution is -0.138. The molecule has 1 fully saturated rings. The molecule has 0 bridgehead atoms. The number of benzene rings is 2. The van der Waals surface area contributed by atoms with Crippen molar-refractivity contribution >= 4 is 32.5 Å². The van der Waals surface area contributed by atoms with Crippen LogP contribution in [0.2, 0.25) is 37.3 Å². The summed E-state index contributed by atoms with van der Waals surface area (Å²) in [6.07, 6.45) is 5.34. The Hall–Kier alpha value is -2.00. The van der Waals surface area contributed by atoms with Crippen molar-refractivity contribution in [3.8, 4) is 0 Å². The van der Waals surface area contributed by atoms with Crippen LogP contribution >= 0.6 is 0 Å². The average molecular weight is 511 g/mol. The van der Waals surface area contributed by atoms with E-state index in [4.69, 9.17) is 9.47 Å². The molecule has 4 nitrogen and oxygen atoms in total. The molecule has 1 heterocycles. The van der Waals surface area contributed by atoms with Gasteiger partial charge in [0.2, 0.25) is 0 Å². The van der Waals surface area contributed by atoms with Crippen LogP contribution in [0.4, 0.5) is 0 Å². The van der Waals surface area contributed by atoms with Crippen LogP contribution < -0.4 is 10.4 Å². The number of ether oxygens (including phenoxy) is 2. The van der Waals surface area contributed by atoms with Crippen molar-refractivity contribution in [3.05, 3.63) is 71.8 Å². The molecular formula is C29H42O4Si2. The molecular weight excluding hydrogens is 468 g/mol. The molecule has 0 spiro atoms. The van der Waals surface area contributed by atoms with E-state index in [1.165, 1.54) is 21.5 Å². The number of rotatable bonds is 10. The molecule has 0 radical (unpaired) electrons. The van der Waals surface area contributed by atoms with E-state index in [2.05, 4.69) is 101 Å². The van der Waals surface area contributed by atoms with Crippen LogP contribution in [0.1, 0.15) is 30.9 Å². The first-order valence-corrected chi connectivity index (χ1v) is 18.8. The minimum Gasteiger partial charge on any atom is -0.481 e. The lowest BCUT2D eigenvalue weighted by Gasteiger charge is -2.43. The van der Waals surface area contributed by atoms with Crippen molar-refractivity contribution in [2.24, 2.45) is 0 Å². The SMILES string of the molecule is Cc1ccc([Si](C)(C)[C@H](/C=C/CC2(C)OCCO2)[C@H](CC(=O)O)[Si](C)(C)c2ccc(C)cc2)cc1. The summed E-state index contributed by atoms with van der Waals surface area (Å²) >= 11 is 0. The quantitative estimate of drug-likeness (QED) is 0.326. The molecule has 35 heavy (non-hydrogen) atoms. The van der Waals surface area contributed by atoms with Crippen LogP contribution in [0.25, 0.3) is 0 Å². The van der Waals surface area contributed by atoms with Crippen molar-refractivity contribution in [1.82, 2.24) is 0 Å². The van der Waals surface area contributed by atoms with Gasteiger partial charge in [0, 0.05) is 12.8 Å². The van der Waals surface area contributed by atoms with Crippen LogP contribution in [0.15, 0.2) is 60.7 Å². The predicted octanol–water partition coefficient (Wildman–Crippen LogP) is 5.76. The number of carboxylic acid groups (broad SMARTS) is 1. The number of hydrogen-bond donors (Lipinski definition) is 1. The van der Waals surface area contributed by atoms with Crippen molar-refractivity contribution in [3.63, 3.8) is 0 Å². The van der Waals surface area contributed by atoms with E-state index in [1.807, 2.05) is 6.92 Å². The van der Waals surface area contributed by atoms with Gasteiger partial charge in [-0.1, -0.05) is 108 Å². The highest BCUT2D eigenvalue weighted by molar-refractivity contribution is 6.96. The number of hydrogen-bond acceptors (Lipinski definition) is 3. The molecule has 0 amide bonds. The molecule has 1 N–H and O–H groups in total. The molecule has 0 aliphatic carbocycles. The minimum atomic E-state index is -2.17. The molecule has 0 aromatic heterocycles. The maximum atomic E-state index is 12.3. The summed E-state index contributed by atoms with van der Waals surface area (Å²) < 4.78 is 11.7. The highest BCUT2D eigenvalue weighted by Gasteiger charge is 2.46. The Labute approximate surface area is 213 Å². The Morgan fingerprint density at radius 3 is 1.83 bits per heavy atom. The summed E-state index contributed by atoms with van der Waals surface area (Å²) in [4.78, 5) is 12.3. The van der Waals surface area contributed by atoms with E-state index in [-0.39, 0.29) is 17.5 Å². The van der Waals surface area contributed by atoms with Crippen molar-refractivity contribution in [1.29, 1.82) is 0 Å². The first kappa shape index (κ1) is 27.6. The number of carboxylic acids is 1. The van der Waals surface area contributed by atoms with Gasteiger partial charge < -0.3 is 14.6 Å². The number of allylic oxidation sites excluding steroid dienone is 1. The normalized spacial score (nSPS) is 18.0. The zero-order valence-corrected chi connectivity index (χ0v) is 24.4. The molecule has 6 heteroatoms. The Balaban J connectivity index is 2.08. The minimum absolute atomic E-state index is 0.0557. The molecule has 0 unspecified atom stereocenters. The summed E-state index contributed by atoms with van der Waals surface area (Å²) in [5, 5.41) is 12.8. The lowest BCUT2D eigenvalue weighted by Crippen LogP contribution is -2.55. The zero-order chi connectivity index (χ0) is 25.9. The van der Waals surface area contributed by atoms with Crippen LogP contribution in [-0.4, -0.2) is 46.2 Å². The number of aliphatic carboxylic acids is 1. The first-order chi connectivity index (χ1) is 16.3. The number of aryl methyl sites for hydroxylation is 2. The van der Waals surface area contributed by atoms with Gasteiger partial charge in [0.05, 0.1) is 29.4 Å². The molecule has 1 aliphatic rings. The maximum absolute atomic E-state index is 12.3. The van der Waals surface area contributed by atoms with Gasteiger partial charge in [-0.2, -0.15) is 0 Å². The molecule has 2 aromatic carbocycles. The molecule has 2 atom stereocenters. The number of carbonyl (C=O) groups is 1. The Morgan fingerprint density at radius 2 is 1.37 bits per heavy atom. The van der Waals surface area contributed by atoms with E-state index in [0.717, 1.165) is 0 Å². The summed E-state index contributed by atoms with van der Waals surface area (Å²) in [5.41, 5.74) is 2.68. The van der Waals surface area contributed by atoms with Gasteiger partial charge in [-0.25, -0.2) is 0 Å². The fourth-order valence-corrected chi connectivity index (χ4v) is 14.2. The summed E-state index contributed by atoms with van der Waals surface area (Å²) in [7, 11) is -4.28. The fraction of sp³-hybridized carbons (Fsp3) is 0.483. The van der Waals surface area contributed by atoms with Gasteiger partial charge >= 0.3 is 5.97 Å². The second kappa shape index (κ2) is 11.0. The van der Waals surface area contributed by atoms with Crippen molar-refractivity contribution in [2.45, 2.75) is 76.7 Å². The molecule has 1 saturated heterocycles. The van der Waals surface area contributed by atoms with E-state index >= 15 is 0 Å². The van der Waals surface area contributed by atoms with E-state index in [1.54, 1.807) is 0 Å². The van der Waals surface area contributed by atoms with E-state index in [9.17, 15) is 9.90 Å². The zero-order valence-electron chi connectivity index (χ0n) is 22.4. The van der Waals surface area contributed by atoms with Gasteiger partial charge in [0.15, 0.2) is 5.79 Å².